The molecule has 0 saturated carbocycles. The molecule has 1 amide bonds. The molecule has 1 aromatic carbocycles. The monoisotopic (exact) mass is 577 g/mol. The molecule has 0 bridgehead atoms. The summed E-state index contributed by atoms with van der Waals surface area (Å²) in [5.41, 5.74) is 0.867. The summed E-state index contributed by atoms with van der Waals surface area (Å²) in [6.45, 7) is 4.54. The lowest BCUT2D eigenvalue weighted by Gasteiger charge is -2.30. The maximum absolute atomic E-state index is 13.3. The minimum absolute atomic E-state index is 0.0533. The number of halogens is 2. The van der Waals surface area contributed by atoms with Gasteiger partial charge in [0.05, 0.1) is 3.79 Å². The van der Waals surface area contributed by atoms with Crippen molar-refractivity contribution in [2.75, 3.05) is 24.4 Å². The van der Waals surface area contributed by atoms with Gasteiger partial charge in [0.2, 0.25) is 0 Å². The van der Waals surface area contributed by atoms with Crippen molar-refractivity contribution in [3.63, 3.8) is 0 Å². The summed E-state index contributed by atoms with van der Waals surface area (Å²) in [6, 6.07) is 8.43. The van der Waals surface area contributed by atoms with Crippen molar-refractivity contribution >= 4 is 64.8 Å². The van der Waals surface area contributed by atoms with Crippen LogP contribution in [0.5, 0.6) is 0 Å². The van der Waals surface area contributed by atoms with Crippen LogP contribution in [-0.2, 0) is 10.0 Å². The Morgan fingerprint density at radius 2 is 2.13 bits per heavy atom. The van der Waals surface area contributed by atoms with Gasteiger partial charge < -0.3 is 10.2 Å². The third-order valence-corrected chi connectivity index (χ3v) is 10.1. The van der Waals surface area contributed by atoms with Crippen LogP contribution in [0, 0.1) is 0 Å². The lowest BCUT2D eigenvalue weighted by molar-refractivity contribution is 0.0682. The molecular formula is C20H25Br2N3O3S2. The first-order valence-electron chi connectivity index (χ1n) is 9.91. The van der Waals surface area contributed by atoms with E-state index in [1.807, 2.05) is 4.90 Å². The van der Waals surface area contributed by atoms with Crippen LogP contribution in [0.25, 0.3) is 0 Å². The third-order valence-electron chi connectivity index (χ3n) is 4.97. The number of nitrogens with one attached hydrogen (secondary N) is 2. The summed E-state index contributed by atoms with van der Waals surface area (Å²) >= 11 is 7.76. The standard InChI is InChI=1S/C20H25Br2N3O3S2/c1-2-3-8-16-13-23-9-5-10-25(16)20(26)14-6-4-7-15(11-14)24-30(27,28)18-12-17(21)19(22)29-18/h4,6-7,11-12,16,23-24H,2-3,5,8-10,13H2,1H3. The van der Waals surface area contributed by atoms with Gasteiger partial charge >= 0.3 is 0 Å². The molecule has 0 spiro atoms. The molecule has 10 heteroatoms. The van der Waals surface area contributed by atoms with E-state index in [0.29, 0.717) is 26.1 Å². The van der Waals surface area contributed by atoms with Crippen molar-refractivity contribution in [3.8, 4) is 0 Å². The van der Waals surface area contributed by atoms with Gasteiger partial charge in [-0.05, 0) is 75.5 Å². The molecule has 30 heavy (non-hydrogen) atoms. The fourth-order valence-corrected chi connectivity index (χ4v) is 7.32. The molecule has 1 aromatic heterocycles. The highest BCUT2D eigenvalue weighted by Crippen LogP contribution is 2.35. The fraction of sp³-hybridized carbons (Fsp3) is 0.450. The topological polar surface area (TPSA) is 78.5 Å². The Kier molecular flexibility index (Phi) is 8.37. The molecule has 2 aromatic rings. The van der Waals surface area contributed by atoms with Crippen LogP contribution < -0.4 is 10.0 Å². The van der Waals surface area contributed by atoms with Crippen LogP contribution in [0.3, 0.4) is 0 Å². The minimum atomic E-state index is -3.74. The van der Waals surface area contributed by atoms with E-state index >= 15 is 0 Å². The molecule has 2 heterocycles. The van der Waals surface area contributed by atoms with Gasteiger partial charge in [-0.25, -0.2) is 8.42 Å². The summed E-state index contributed by atoms with van der Waals surface area (Å²) < 4.78 is 29.6. The summed E-state index contributed by atoms with van der Waals surface area (Å²) in [7, 11) is -3.74. The largest absolute Gasteiger partial charge is 0.334 e. The van der Waals surface area contributed by atoms with E-state index in [9.17, 15) is 13.2 Å². The Morgan fingerprint density at radius 3 is 2.83 bits per heavy atom. The average Bonchev–Trinajstić information content (AvgIpc) is 2.92. The molecule has 1 aliphatic rings. The molecule has 1 unspecified atom stereocenters. The lowest BCUT2D eigenvalue weighted by Crippen LogP contribution is -2.43. The lowest BCUT2D eigenvalue weighted by atomic mass is 10.1. The Bertz CT molecular complexity index is 975. The van der Waals surface area contributed by atoms with Crippen LogP contribution in [0.15, 0.2) is 42.8 Å². The third kappa shape index (κ3) is 5.85. The Hall–Kier alpha value is -0.940. The number of nitrogens with zero attached hydrogens (tertiary/aromatic N) is 1. The number of thiophene rings is 1. The fourth-order valence-electron chi connectivity index (χ4n) is 3.45. The number of hydrogen-bond donors (Lipinski definition) is 2. The summed E-state index contributed by atoms with van der Waals surface area (Å²) in [5, 5.41) is 3.42. The van der Waals surface area contributed by atoms with E-state index in [1.165, 1.54) is 0 Å². The number of amides is 1. The van der Waals surface area contributed by atoms with Crippen molar-refractivity contribution in [2.24, 2.45) is 0 Å². The van der Waals surface area contributed by atoms with E-state index in [0.717, 1.165) is 50.1 Å². The number of sulfonamides is 1. The molecule has 1 aliphatic heterocycles. The molecule has 2 N–H and O–H groups in total. The Morgan fingerprint density at radius 1 is 1.33 bits per heavy atom. The van der Waals surface area contributed by atoms with Gasteiger partial charge in [0, 0.05) is 34.9 Å². The molecular weight excluding hydrogens is 554 g/mol. The number of carbonyl (C=O) groups is 1. The van der Waals surface area contributed by atoms with Gasteiger partial charge in [-0.3, -0.25) is 9.52 Å². The quantitative estimate of drug-likeness (QED) is 0.481. The molecule has 0 aliphatic carbocycles. The van der Waals surface area contributed by atoms with E-state index < -0.39 is 10.0 Å². The summed E-state index contributed by atoms with van der Waals surface area (Å²) in [4.78, 5) is 15.2. The molecule has 0 radical (unpaired) electrons. The first kappa shape index (κ1) is 23.7. The number of benzene rings is 1. The molecule has 6 nitrogen and oxygen atoms in total. The van der Waals surface area contributed by atoms with Crippen molar-refractivity contribution in [3.05, 3.63) is 44.2 Å². The highest BCUT2D eigenvalue weighted by Gasteiger charge is 2.26. The zero-order chi connectivity index (χ0) is 21.7. The Labute approximate surface area is 198 Å². The van der Waals surface area contributed by atoms with E-state index in [2.05, 4.69) is 48.8 Å². The molecule has 164 valence electrons. The predicted octanol–water partition coefficient (Wildman–Crippen LogP) is 5.07. The second-order valence-corrected chi connectivity index (χ2v) is 12.4. The smallest absolute Gasteiger partial charge is 0.271 e. The van der Waals surface area contributed by atoms with Crippen LogP contribution in [0.1, 0.15) is 43.0 Å². The first-order chi connectivity index (χ1) is 14.3. The van der Waals surface area contributed by atoms with E-state index in [-0.39, 0.29) is 16.2 Å². The number of unbranched alkanes of at least 4 members (excludes halogenated alkanes) is 1. The van der Waals surface area contributed by atoms with Crippen molar-refractivity contribution in [1.82, 2.24) is 10.2 Å². The van der Waals surface area contributed by atoms with E-state index in [4.69, 9.17) is 0 Å². The van der Waals surface area contributed by atoms with Gasteiger partial charge in [0.1, 0.15) is 4.21 Å². The second-order valence-electron chi connectivity index (χ2n) is 7.23. The van der Waals surface area contributed by atoms with Crippen LogP contribution in [0.4, 0.5) is 5.69 Å². The van der Waals surface area contributed by atoms with Crippen LogP contribution in [-0.4, -0.2) is 44.9 Å². The molecule has 1 fully saturated rings. The number of anilines is 1. The van der Waals surface area contributed by atoms with Gasteiger partial charge in [0.15, 0.2) is 0 Å². The second kappa shape index (κ2) is 10.6. The zero-order valence-corrected chi connectivity index (χ0v) is 21.5. The summed E-state index contributed by atoms with van der Waals surface area (Å²) in [5.74, 6) is -0.0533. The number of rotatable bonds is 7. The number of hydrogen-bond acceptors (Lipinski definition) is 5. The van der Waals surface area contributed by atoms with Gasteiger partial charge in [-0.2, -0.15) is 0 Å². The maximum atomic E-state index is 13.3. The van der Waals surface area contributed by atoms with Crippen LogP contribution >= 0.6 is 43.2 Å². The van der Waals surface area contributed by atoms with E-state index in [1.54, 1.807) is 30.3 Å². The predicted molar refractivity (Wildman–Crippen MR) is 129 cm³/mol. The summed E-state index contributed by atoms with van der Waals surface area (Å²) in [6.07, 6.45) is 4.03. The van der Waals surface area contributed by atoms with Gasteiger partial charge in [-0.1, -0.05) is 25.8 Å². The van der Waals surface area contributed by atoms with Crippen molar-refractivity contribution < 1.29 is 13.2 Å². The van der Waals surface area contributed by atoms with Crippen LogP contribution in [0.2, 0.25) is 0 Å². The molecule has 1 saturated heterocycles. The average molecular weight is 579 g/mol. The van der Waals surface area contributed by atoms with Gasteiger partial charge in [0.25, 0.3) is 15.9 Å². The Balaban J connectivity index is 1.80. The maximum Gasteiger partial charge on any atom is 0.271 e. The highest BCUT2D eigenvalue weighted by molar-refractivity contribution is 9.13. The highest BCUT2D eigenvalue weighted by atomic mass is 79.9. The SMILES string of the molecule is CCCCC1CNCCCN1C(=O)c1cccc(NS(=O)(=O)c2cc(Br)c(Br)s2)c1. The zero-order valence-electron chi connectivity index (χ0n) is 16.7. The molecule has 1 atom stereocenters. The van der Waals surface area contributed by atoms with Crippen molar-refractivity contribution in [1.29, 1.82) is 0 Å². The van der Waals surface area contributed by atoms with Crippen molar-refractivity contribution in [2.45, 2.75) is 42.9 Å². The van der Waals surface area contributed by atoms with Gasteiger partial charge in [-0.15, -0.1) is 11.3 Å². The number of carbonyl (C=O) groups excluding carboxylic acids is 1. The first-order valence-corrected chi connectivity index (χ1v) is 13.8. The minimum Gasteiger partial charge on any atom is -0.334 e. The normalized spacial score (nSPS) is 17.6. The molecule has 3 rings (SSSR count).